The van der Waals surface area contributed by atoms with Gasteiger partial charge in [-0.05, 0) is 19.1 Å². The highest BCUT2D eigenvalue weighted by atomic mass is 28.3. The van der Waals surface area contributed by atoms with Crippen LogP contribution in [0.3, 0.4) is 0 Å². The Bertz CT molecular complexity index is 249. The Labute approximate surface area is 86.5 Å². The van der Waals surface area contributed by atoms with Gasteiger partial charge in [0.15, 0.2) is 0 Å². The van der Waals surface area contributed by atoms with Crippen molar-refractivity contribution in [3.8, 4) is 5.75 Å². The van der Waals surface area contributed by atoms with Gasteiger partial charge < -0.3 is 13.6 Å². The predicted octanol–water partition coefficient (Wildman–Crippen LogP) is 1.51. The molecule has 0 radical (unpaired) electrons. The number of rotatable bonds is 5. The van der Waals surface area contributed by atoms with E-state index in [9.17, 15) is 0 Å². The van der Waals surface area contributed by atoms with Crippen LogP contribution in [0.4, 0.5) is 0 Å². The molecule has 0 N–H and O–H groups in total. The van der Waals surface area contributed by atoms with Crippen molar-refractivity contribution >= 4 is 9.28 Å². The molecule has 3 nitrogen and oxygen atoms in total. The number of benzene rings is 1. The van der Waals surface area contributed by atoms with Crippen molar-refractivity contribution in [2.24, 2.45) is 0 Å². The van der Waals surface area contributed by atoms with Crippen LogP contribution in [0.25, 0.3) is 0 Å². The largest absolute Gasteiger partial charge is 0.489 e. The Hall–Kier alpha value is -0.843. The van der Waals surface area contributed by atoms with Gasteiger partial charge in [-0.2, -0.15) is 0 Å². The van der Waals surface area contributed by atoms with Crippen LogP contribution in [0.2, 0.25) is 0 Å². The van der Waals surface area contributed by atoms with Crippen LogP contribution in [-0.2, 0) is 8.85 Å². The number of para-hydroxylation sites is 1. The molecule has 0 aromatic heterocycles. The molecule has 1 aromatic carbocycles. The zero-order chi connectivity index (χ0) is 10.4. The Morgan fingerprint density at radius 3 is 2.14 bits per heavy atom. The number of hydrogen-bond donors (Lipinski definition) is 0. The van der Waals surface area contributed by atoms with Crippen molar-refractivity contribution in [2.75, 3.05) is 14.2 Å². The molecular weight excluding hydrogens is 196 g/mol. The van der Waals surface area contributed by atoms with Crippen LogP contribution in [0.1, 0.15) is 6.92 Å². The van der Waals surface area contributed by atoms with Crippen LogP contribution in [-0.4, -0.2) is 29.2 Å². The summed E-state index contributed by atoms with van der Waals surface area (Å²) >= 11 is 0. The third-order valence-corrected chi connectivity index (χ3v) is 3.74. The van der Waals surface area contributed by atoms with Crippen molar-refractivity contribution < 1.29 is 13.6 Å². The van der Waals surface area contributed by atoms with Crippen molar-refractivity contribution in [3.63, 3.8) is 0 Å². The van der Waals surface area contributed by atoms with E-state index in [0.29, 0.717) is 0 Å². The van der Waals surface area contributed by atoms with Crippen LogP contribution in [0, 0.1) is 0 Å². The average Bonchev–Trinajstić information content (AvgIpc) is 2.21. The molecular formula is C10H16O3Si. The smallest absolute Gasteiger partial charge is 0.362 e. The highest BCUT2D eigenvalue weighted by molar-refractivity contribution is 6.45. The molecule has 1 atom stereocenters. The second-order valence-electron chi connectivity index (χ2n) is 2.98. The van der Waals surface area contributed by atoms with Gasteiger partial charge in [-0.1, -0.05) is 18.2 Å². The van der Waals surface area contributed by atoms with E-state index < -0.39 is 9.28 Å². The van der Waals surface area contributed by atoms with E-state index in [1.54, 1.807) is 14.2 Å². The summed E-state index contributed by atoms with van der Waals surface area (Å²) in [4.78, 5) is 0. The van der Waals surface area contributed by atoms with E-state index in [1.165, 1.54) is 0 Å². The minimum atomic E-state index is -1.68. The summed E-state index contributed by atoms with van der Waals surface area (Å²) in [5, 5.41) is 0. The maximum Gasteiger partial charge on any atom is 0.362 e. The quantitative estimate of drug-likeness (QED) is 0.692. The van der Waals surface area contributed by atoms with Gasteiger partial charge in [0.2, 0.25) is 0 Å². The summed E-state index contributed by atoms with van der Waals surface area (Å²) in [7, 11) is 1.64. The lowest BCUT2D eigenvalue weighted by molar-refractivity contribution is 0.192. The van der Waals surface area contributed by atoms with E-state index in [4.69, 9.17) is 13.6 Å². The van der Waals surface area contributed by atoms with Crippen LogP contribution in [0.5, 0.6) is 5.75 Å². The van der Waals surface area contributed by atoms with E-state index in [2.05, 4.69) is 0 Å². The molecule has 0 saturated carbocycles. The SMILES string of the molecule is CO[SiH](OC)C(C)Oc1ccccc1. The predicted molar refractivity (Wildman–Crippen MR) is 57.7 cm³/mol. The average molecular weight is 212 g/mol. The van der Waals surface area contributed by atoms with E-state index in [0.717, 1.165) is 5.75 Å². The fourth-order valence-corrected chi connectivity index (χ4v) is 2.48. The van der Waals surface area contributed by atoms with Crippen LogP contribution in [0.15, 0.2) is 30.3 Å². The van der Waals surface area contributed by atoms with Gasteiger partial charge in [-0.15, -0.1) is 0 Å². The summed E-state index contributed by atoms with van der Waals surface area (Å²) in [6.07, 6.45) is 0. The molecule has 4 heteroatoms. The molecule has 1 rings (SSSR count). The zero-order valence-electron chi connectivity index (χ0n) is 8.77. The molecule has 0 fully saturated rings. The Kier molecular flexibility index (Phi) is 4.65. The van der Waals surface area contributed by atoms with Crippen molar-refractivity contribution in [3.05, 3.63) is 30.3 Å². The maximum atomic E-state index is 5.67. The zero-order valence-corrected chi connectivity index (χ0v) is 9.92. The molecule has 1 aromatic rings. The molecule has 0 aliphatic carbocycles. The van der Waals surface area contributed by atoms with Gasteiger partial charge in [-0.3, -0.25) is 0 Å². The second-order valence-corrected chi connectivity index (χ2v) is 5.59. The highest BCUT2D eigenvalue weighted by Crippen LogP contribution is 2.12. The van der Waals surface area contributed by atoms with Gasteiger partial charge in [0.25, 0.3) is 0 Å². The fourth-order valence-electron chi connectivity index (χ4n) is 1.25. The first-order valence-electron chi connectivity index (χ1n) is 4.55. The highest BCUT2D eigenvalue weighted by Gasteiger charge is 2.21. The van der Waals surface area contributed by atoms with E-state index >= 15 is 0 Å². The standard InChI is InChI=1S/C10H16O3Si/c1-9(14(11-2)12-3)13-10-7-5-4-6-8-10/h4-9,14H,1-3H3. The molecule has 0 spiro atoms. The number of hydrogen-bond acceptors (Lipinski definition) is 3. The molecule has 0 aliphatic rings. The third kappa shape index (κ3) is 3.14. The molecule has 0 heterocycles. The Morgan fingerprint density at radius 2 is 1.64 bits per heavy atom. The van der Waals surface area contributed by atoms with Crippen molar-refractivity contribution in [1.29, 1.82) is 0 Å². The van der Waals surface area contributed by atoms with E-state index in [-0.39, 0.29) is 5.73 Å². The minimum absolute atomic E-state index is 0.00685. The summed E-state index contributed by atoms with van der Waals surface area (Å²) in [5.41, 5.74) is 0.00685. The summed E-state index contributed by atoms with van der Waals surface area (Å²) in [6, 6.07) is 9.69. The Morgan fingerprint density at radius 1 is 1.07 bits per heavy atom. The lowest BCUT2D eigenvalue weighted by atomic mass is 10.3. The van der Waals surface area contributed by atoms with Gasteiger partial charge in [0.1, 0.15) is 11.5 Å². The number of ether oxygens (including phenoxy) is 1. The fraction of sp³-hybridized carbons (Fsp3) is 0.400. The normalized spacial score (nSPS) is 12.9. The molecule has 0 bridgehead atoms. The molecule has 1 unspecified atom stereocenters. The first kappa shape index (κ1) is 11.2. The van der Waals surface area contributed by atoms with Crippen molar-refractivity contribution in [1.82, 2.24) is 0 Å². The molecule has 14 heavy (non-hydrogen) atoms. The van der Waals surface area contributed by atoms with Gasteiger partial charge in [-0.25, -0.2) is 0 Å². The van der Waals surface area contributed by atoms with E-state index in [1.807, 2.05) is 37.3 Å². The lowest BCUT2D eigenvalue weighted by Crippen LogP contribution is -2.37. The van der Waals surface area contributed by atoms with Crippen LogP contribution < -0.4 is 4.74 Å². The Balaban J connectivity index is 2.52. The summed E-state index contributed by atoms with van der Waals surface area (Å²) in [5.74, 6) is 0.853. The first-order valence-corrected chi connectivity index (χ1v) is 6.16. The van der Waals surface area contributed by atoms with Gasteiger partial charge in [0.05, 0.1) is 0 Å². The molecule has 0 amide bonds. The molecule has 78 valence electrons. The lowest BCUT2D eigenvalue weighted by Gasteiger charge is -2.20. The van der Waals surface area contributed by atoms with Crippen LogP contribution >= 0.6 is 0 Å². The maximum absolute atomic E-state index is 5.67. The molecule has 0 saturated heterocycles. The second kappa shape index (κ2) is 5.80. The van der Waals surface area contributed by atoms with Crippen molar-refractivity contribution in [2.45, 2.75) is 12.7 Å². The monoisotopic (exact) mass is 212 g/mol. The minimum Gasteiger partial charge on any atom is -0.489 e. The molecule has 0 aliphatic heterocycles. The summed E-state index contributed by atoms with van der Waals surface area (Å²) in [6.45, 7) is 1.97. The third-order valence-electron chi connectivity index (χ3n) is 1.91. The van der Waals surface area contributed by atoms with Gasteiger partial charge >= 0.3 is 9.28 Å². The topological polar surface area (TPSA) is 27.7 Å². The first-order chi connectivity index (χ1) is 6.77. The van der Waals surface area contributed by atoms with Gasteiger partial charge in [0, 0.05) is 14.2 Å². The summed E-state index contributed by atoms with van der Waals surface area (Å²) < 4.78 is 16.1.